The third-order valence-corrected chi connectivity index (χ3v) is 3.62. The summed E-state index contributed by atoms with van der Waals surface area (Å²) in [6.45, 7) is 4.65. The van der Waals surface area contributed by atoms with Gasteiger partial charge in [-0.1, -0.05) is 0 Å². The van der Waals surface area contributed by atoms with Crippen LogP contribution in [0.4, 0.5) is 4.79 Å². The van der Waals surface area contributed by atoms with Crippen LogP contribution in [0.3, 0.4) is 0 Å². The Kier molecular flexibility index (Phi) is 6.01. The van der Waals surface area contributed by atoms with Crippen molar-refractivity contribution < 1.29 is 14.6 Å². The third-order valence-electron chi connectivity index (χ3n) is 3.62. The van der Waals surface area contributed by atoms with Crippen LogP contribution < -0.4 is 5.32 Å². The van der Waals surface area contributed by atoms with Crippen LogP contribution in [-0.2, 0) is 11.3 Å². The number of likely N-dealkylation sites (tertiary alicyclic amines) is 1. The van der Waals surface area contributed by atoms with Crippen LogP contribution >= 0.6 is 0 Å². The third kappa shape index (κ3) is 5.02. The van der Waals surface area contributed by atoms with Gasteiger partial charge in [0, 0.05) is 38.1 Å². The number of ether oxygens (including phenoxy) is 1. The molecular weight excluding hydrogens is 272 g/mol. The Hall–Kier alpha value is -1.60. The second-order valence-electron chi connectivity index (χ2n) is 5.25. The Morgan fingerprint density at radius 3 is 2.90 bits per heavy atom. The minimum Gasteiger partial charge on any atom is -0.450 e. The number of aliphatic hydroxyl groups excluding tert-OH is 1. The van der Waals surface area contributed by atoms with Crippen molar-refractivity contribution in [1.82, 2.24) is 20.0 Å². The highest BCUT2D eigenvalue weighted by Crippen LogP contribution is 2.11. The Bertz CT molecular complexity index is 416. The van der Waals surface area contributed by atoms with Gasteiger partial charge in [-0.2, -0.15) is 5.10 Å². The summed E-state index contributed by atoms with van der Waals surface area (Å²) in [4.78, 5) is 13.3. The summed E-state index contributed by atoms with van der Waals surface area (Å²) in [5.74, 6) is 0. The minimum absolute atomic E-state index is 0.227. The number of nitrogens with zero attached hydrogens (tertiary/aromatic N) is 3. The highest BCUT2D eigenvalue weighted by molar-refractivity contribution is 5.67. The molecule has 1 aromatic rings. The summed E-state index contributed by atoms with van der Waals surface area (Å²) in [5, 5.41) is 17.4. The van der Waals surface area contributed by atoms with Gasteiger partial charge in [-0.05, 0) is 25.8 Å². The van der Waals surface area contributed by atoms with E-state index in [4.69, 9.17) is 4.74 Å². The molecule has 0 saturated carbocycles. The molecule has 0 aromatic carbocycles. The van der Waals surface area contributed by atoms with Crippen molar-refractivity contribution in [1.29, 1.82) is 0 Å². The van der Waals surface area contributed by atoms with Gasteiger partial charge in [0.15, 0.2) is 0 Å². The lowest BCUT2D eigenvalue weighted by Gasteiger charge is -2.32. The molecule has 1 aliphatic heterocycles. The monoisotopic (exact) mass is 296 g/mol. The standard InChI is InChI=1S/C14H24N4O3/c1-2-21-14(20)17-8-4-12(5-9-17)15-10-13(19)11-18-7-3-6-16-18/h3,6-7,12-13,15,19H,2,4-5,8-11H2,1H3. The molecule has 0 bridgehead atoms. The molecule has 7 heteroatoms. The SMILES string of the molecule is CCOC(=O)N1CCC(NCC(O)Cn2cccn2)CC1. The molecule has 1 aromatic heterocycles. The Morgan fingerprint density at radius 1 is 1.52 bits per heavy atom. The van der Waals surface area contributed by atoms with E-state index in [2.05, 4.69) is 10.4 Å². The minimum atomic E-state index is -0.465. The lowest BCUT2D eigenvalue weighted by molar-refractivity contribution is 0.0916. The van der Waals surface area contributed by atoms with Crippen LogP contribution in [0.25, 0.3) is 0 Å². The van der Waals surface area contributed by atoms with Crippen LogP contribution in [0, 0.1) is 0 Å². The summed E-state index contributed by atoms with van der Waals surface area (Å²) < 4.78 is 6.71. The van der Waals surface area contributed by atoms with E-state index in [1.54, 1.807) is 15.8 Å². The van der Waals surface area contributed by atoms with Crippen molar-refractivity contribution in [3.8, 4) is 0 Å². The van der Waals surface area contributed by atoms with Gasteiger partial charge in [-0.3, -0.25) is 4.68 Å². The molecule has 2 heterocycles. The average Bonchev–Trinajstić information content (AvgIpc) is 2.99. The molecule has 1 atom stereocenters. The molecule has 21 heavy (non-hydrogen) atoms. The van der Waals surface area contributed by atoms with Gasteiger partial charge in [0.05, 0.1) is 19.3 Å². The highest BCUT2D eigenvalue weighted by Gasteiger charge is 2.23. The average molecular weight is 296 g/mol. The maximum Gasteiger partial charge on any atom is 0.409 e. The first-order valence-corrected chi connectivity index (χ1v) is 7.49. The lowest BCUT2D eigenvalue weighted by Crippen LogP contribution is -2.47. The van der Waals surface area contributed by atoms with Gasteiger partial charge in [0.1, 0.15) is 0 Å². The molecule has 7 nitrogen and oxygen atoms in total. The predicted molar refractivity (Wildman–Crippen MR) is 77.9 cm³/mol. The molecule has 0 aliphatic carbocycles. The van der Waals surface area contributed by atoms with Crippen molar-refractivity contribution in [2.45, 2.75) is 38.5 Å². The zero-order valence-corrected chi connectivity index (χ0v) is 12.4. The zero-order chi connectivity index (χ0) is 15.1. The molecule has 2 N–H and O–H groups in total. The first-order chi connectivity index (χ1) is 10.2. The van der Waals surface area contributed by atoms with Gasteiger partial charge in [0.25, 0.3) is 0 Å². The fourth-order valence-corrected chi connectivity index (χ4v) is 2.47. The number of aromatic nitrogens is 2. The van der Waals surface area contributed by atoms with Crippen LogP contribution in [-0.4, -0.2) is 64.3 Å². The van der Waals surface area contributed by atoms with E-state index in [1.807, 2.05) is 19.2 Å². The van der Waals surface area contributed by atoms with Gasteiger partial charge >= 0.3 is 6.09 Å². The topological polar surface area (TPSA) is 79.6 Å². The molecule has 0 radical (unpaired) electrons. The van der Waals surface area contributed by atoms with Crippen LogP contribution in [0.1, 0.15) is 19.8 Å². The summed E-state index contributed by atoms with van der Waals surface area (Å²) in [6.07, 6.45) is 4.61. The smallest absolute Gasteiger partial charge is 0.409 e. The maximum atomic E-state index is 11.6. The van der Waals surface area contributed by atoms with E-state index in [0.29, 0.717) is 38.8 Å². The Balaban J connectivity index is 1.63. The van der Waals surface area contributed by atoms with Crippen LogP contribution in [0.2, 0.25) is 0 Å². The predicted octanol–water partition coefficient (Wildman–Crippen LogP) is 0.454. The number of aliphatic hydroxyl groups is 1. The Morgan fingerprint density at radius 2 is 2.29 bits per heavy atom. The summed E-state index contributed by atoms with van der Waals surface area (Å²) >= 11 is 0. The van der Waals surface area contributed by atoms with E-state index in [-0.39, 0.29) is 6.09 Å². The normalized spacial score (nSPS) is 17.7. The molecule has 2 rings (SSSR count). The van der Waals surface area contributed by atoms with E-state index >= 15 is 0 Å². The number of hydrogen-bond acceptors (Lipinski definition) is 5. The van der Waals surface area contributed by atoms with Crippen molar-refractivity contribution in [3.05, 3.63) is 18.5 Å². The van der Waals surface area contributed by atoms with Crippen molar-refractivity contribution in [2.24, 2.45) is 0 Å². The zero-order valence-electron chi connectivity index (χ0n) is 12.4. The highest BCUT2D eigenvalue weighted by atomic mass is 16.6. The van der Waals surface area contributed by atoms with Gasteiger partial charge in [-0.15, -0.1) is 0 Å². The number of carbonyl (C=O) groups is 1. The molecule has 1 unspecified atom stereocenters. The molecule has 0 spiro atoms. The summed E-state index contributed by atoms with van der Waals surface area (Å²) in [6, 6.07) is 2.17. The number of nitrogens with one attached hydrogen (secondary N) is 1. The number of hydrogen-bond donors (Lipinski definition) is 2. The van der Waals surface area contributed by atoms with Gasteiger partial charge in [0.2, 0.25) is 0 Å². The number of carbonyl (C=O) groups excluding carboxylic acids is 1. The van der Waals surface area contributed by atoms with Gasteiger partial charge < -0.3 is 20.1 Å². The molecule has 1 amide bonds. The number of piperidine rings is 1. The quantitative estimate of drug-likeness (QED) is 0.797. The van der Waals surface area contributed by atoms with Crippen molar-refractivity contribution in [3.63, 3.8) is 0 Å². The summed E-state index contributed by atoms with van der Waals surface area (Å²) in [5.41, 5.74) is 0. The Labute approximate surface area is 124 Å². The fraction of sp³-hybridized carbons (Fsp3) is 0.714. The first-order valence-electron chi connectivity index (χ1n) is 7.49. The molecule has 1 saturated heterocycles. The van der Waals surface area contributed by atoms with E-state index in [1.165, 1.54) is 0 Å². The molecule has 1 aliphatic rings. The second-order valence-corrected chi connectivity index (χ2v) is 5.25. The maximum absolute atomic E-state index is 11.6. The van der Waals surface area contributed by atoms with Crippen molar-refractivity contribution in [2.75, 3.05) is 26.2 Å². The van der Waals surface area contributed by atoms with Gasteiger partial charge in [-0.25, -0.2) is 4.79 Å². The van der Waals surface area contributed by atoms with Crippen LogP contribution in [0.15, 0.2) is 18.5 Å². The lowest BCUT2D eigenvalue weighted by atomic mass is 10.1. The summed E-state index contributed by atoms with van der Waals surface area (Å²) in [7, 11) is 0. The van der Waals surface area contributed by atoms with Crippen LogP contribution in [0.5, 0.6) is 0 Å². The van der Waals surface area contributed by atoms with E-state index in [0.717, 1.165) is 12.8 Å². The number of amides is 1. The fourth-order valence-electron chi connectivity index (χ4n) is 2.47. The second kappa shape index (κ2) is 7.99. The van der Waals surface area contributed by atoms with E-state index < -0.39 is 6.10 Å². The molecule has 1 fully saturated rings. The largest absolute Gasteiger partial charge is 0.450 e. The molecule has 118 valence electrons. The van der Waals surface area contributed by atoms with Crippen molar-refractivity contribution >= 4 is 6.09 Å². The number of rotatable bonds is 6. The first kappa shape index (κ1) is 15.8. The van der Waals surface area contributed by atoms with E-state index in [9.17, 15) is 9.90 Å². The molecular formula is C14H24N4O3.